The number of nitrogens with one attached hydrogen (secondary N) is 1. The quantitative estimate of drug-likeness (QED) is 0.594. The molecule has 0 spiro atoms. The first-order valence-electron chi connectivity index (χ1n) is 4.46. The fourth-order valence-electron chi connectivity index (χ4n) is 1.56. The third-order valence-electron chi connectivity index (χ3n) is 2.24. The Labute approximate surface area is 77.1 Å². The predicted molar refractivity (Wildman–Crippen MR) is 51.4 cm³/mol. The number of fused-ring (bicyclic) bond motifs is 1. The molecule has 1 aromatic carbocycles. The maximum atomic E-state index is 8.76. The number of hydrogen-bond acceptors (Lipinski definition) is 3. The van der Waals surface area contributed by atoms with E-state index in [0.717, 1.165) is 24.9 Å². The summed E-state index contributed by atoms with van der Waals surface area (Å²) < 4.78 is 0. The Bertz CT molecular complexity index is 333. The van der Waals surface area contributed by atoms with Crippen LogP contribution in [0.3, 0.4) is 0 Å². The number of benzene rings is 1. The molecule has 68 valence electrons. The molecule has 0 bridgehead atoms. The summed E-state index contributed by atoms with van der Waals surface area (Å²) in [5.74, 6) is 0.657. The van der Waals surface area contributed by atoms with Crippen LogP contribution in [0.5, 0.6) is 0 Å². The zero-order valence-corrected chi connectivity index (χ0v) is 7.33. The van der Waals surface area contributed by atoms with Crippen molar-refractivity contribution >= 4 is 11.5 Å². The molecule has 1 aromatic rings. The minimum atomic E-state index is 0.657. The van der Waals surface area contributed by atoms with Crippen molar-refractivity contribution in [2.45, 2.75) is 19.3 Å². The highest BCUT2D eigenvalue weighted by Gasteiger charge is 2.08. The number of hydrogen-bond donors (Lipinski definition) is 2. The van der Waals surface area contributed by atoms with E-state index in [-0.39, 0.29) is 0 Å². The molecule has 1 aliphatic heterocycles. The van der Waals surface area contributed by atoms with Crippen LogP contribution >= 0.6 is 0 Å². The van der Waals surface area contributed by atoms with Gasteiger partial charge >= 0.3 is 0 Å². The van der Waals surface area contributed by atoms with Gasteiger partial charge in [0, 0.05) is 6.42 Å². The Morgan fingerprint density at radius 1 is 1.23 bits per heavy atom. The fourth-order valence-corrected chi connectivity index (χ4v) is 1.56. The van der Waals surface area contributed by atoms with Gasteiger partial charge < -0.3 is 0 Å². The number of para-hydroxylation sites is 1. The van der Waals surface area contributed by atoms with Gasteiger partial charge in [-0.05, 0) is 24.5 Å². The van der Waals surface area contributed by atoms with Crippen LogP contribution in [0.2, 0.25) is 0 Å². The van der Waals surface area contributed by atoms with E-state index in [9.17, 15) is 0 Å². The summed E-state index contributed by atoms with van der Waals surface area (Å²) in [6.07, 6.45) is 2.87. The van der Waals surface area contributed by atoms with Crippen molar-refractivity contribution in [3.63, 3.8) is 0 Å². The number of nitrogens with zero attached hydrogens (tertiary/aromatic N) is 1. The van der Waals surface area contributed by atoms with Gasteiger partial charge in [-0.15, -0.1) is 0 Å². The molecule has 13 heavy (non-hydrogen) atoms. The summed E-state index contributed by atoms with van der Waals surface area (Å²) in [4.78, 5) is 4.31. The number of rotatable bonds is 0. The summed E-state index contributed by atoms with van der Waals surface area (Å²) in [7, 11) is 0. The summed E-state index contributed by atoms with van der Waals surface area (Å²) in [5.41, 5.74) is 4.36. The molecule has 0 aromatic heterocycles. The zero-order chi connectivity index (χ0) is 9.10. The van der Waals surface area contributed by atoms with Gasteiger partial charge in [0.05, 0.1) is 5.69 Å². The van der Waals surface area contributed by atoms with Crippen LogP contribution in [0.25, 0.3) is 0 Å². The molecule has 0 atom stereocenters. The first-order valence-corrected chi connectivity index (χ1v) is 4.46. The van der Waals surface area contributed by atoms with E-state index in [1.165, 1.54) is 5.56 Å². The Hall–Kier alpha value is -1.35. The maximum absolute atomic E-state index is 8.76. The van der Waals surface area contributed by atoms with E-state index in [2.05, 4.69) is 16.5 Å². The van der Waals surface area contributed by atoms with Crippen LogP contribution in [-0.2, 0) is 6.42 Å². The van der Waals surface area contributed by atoms with Gasteiger partial charge in [-0.3, -0.25) is 10.7 Å². The van der Waals surface area contributed by atoms with Crippen molar-refractivity contribution in [2.24, 2.45) is 4.99 Å². The number of aliphatic imine (C=N–C) groups is 1. The first kappa shape index (κ1) is 8.26. The van der Waals surface area contributed by atoms with Crippen molar-refractivity contribution in [3.8, 4) is 0 Å². The van der Waals surface area contributed by atoms with Crippen molar-refractivity contribution in [3.05, 3.63) is 29.8 Å². The second-order valence-corrected chi connectivity index (χ2v) is 3.15. The number of hydroxylamine groups is 1. The van der Waals surface area contributed by atoms with Crippen molar-refractivity contribution < 1.29 is 5.21 Å². The van der Waals surface area contributed by atoms with Gasteiger partial charge in [0.15, 0.2) is 0 Å². The topological polar surface area (TPSA) is 44.6 Å². The van der Waals surface area contributed by atoms with E-state index in [1.807, 2.05) is 18.2 Å². The molecule has 0 amide bonds. The molecule has 1 aliphatic rings. The molecule has 2 N–H and O–H groups in total. The summed E-state index contributed by atoms with van der Waals surface area (Å²) in [6.45, 7) is 0. The van der Waals surface area contributed by atoms with Crippen LogP contribution in [0.1, 0.15) is 18.4 Å². The summed E-state index contributed by atoms with van der Waals surface area (Å²) in [5, 5.41) is 8.76. The number of amidine groups is 1. The Balaban J connectivity index is 2.40. The van der Waals surface area contributed by atoms with Gasteiger partial charge in [0.1, 0.15) is 5.84 Å². The molecule has 0 saturated heterocycles. The van der Waals surface area contributed by atoms with Crippen LogP contribution in [0.15, 0.2) is 29.3 Å². The SMILES string of the molecule is ONC1=Nc2ccccc2CCC1. The molecular formula is C10H12N2O. The van der Waals surface area contributed by atoms with Crippen LogP contribution < -0.4 is 5.48 Å². The van der Waals surface area contributed by atoms with Gasteiger partial charge in [-0.25, -0.2) is 4.99 Å². The Morgan fingerprint density at radius 2 is 2.08 bits per heavy atom. The standard InChI is InChI=1S/C10H12N2O/c13-12-10-7-3-5-8-4-1-2-6-9(8)11-10/h1-2,4,6,13H,3,5,7H2,(H,11,12). The van der Waals surface area contributed by atoms with Crippen molar-refractivity contribution in [1.29, 1.82) is 0 Å². The Morgan fingerprint density at radius 3 is 2.92 bits per heavy atom. The molecule has 0 radical (unpaired) electrons. The van der Waals surface area contributed by atoms with Gasteiger partial charge in [0.25, 0.3) is 0 Å². The second-order valence-electron chi connectivity index (χ2n) is 3.15. The molecule has 0 saturated carbocycles. The van der Waals surface area contributed by atoms with E-state index in [1.54, 1.807) is 0 Å². The van der Waals surface area contributed by atoms with Crippen LogP contribution in [0.4, 0.5) is 5.69 Å². The average Bonchev–Trinajstić information content (AvgIpc) is 2.38. The largest absolute Gasteiger partial charge is 0.290 e. The molecule has 0 unspecified atom stereocenters. The van der Waals surface area contributed by atoms with Crippen LogP contribution in [0, 0.1) is 0 Å². The maximum Gasteiger partial charge on any atom is 0.126 e. The van der Waals surface area contributed by atoms with E-state index in [0.29, 0.717) is 5.84 Å². The van der Waals surface area contributed by atoms with Gasteiger partial charge in [-0.1, -0.05) is 18.2 Å². The third kappa shape index (κ3) is 1.70. The van der Waals surface area contributed by atoms with E-state index in [4.69, 9.17) is 5.21 Å². The molecule has 3 nitrogen and oxygen atoms in total. The van der Waals surface area contributed by atoms with Gasteiger partial charge in [-0.2, -0.15) is 0 Å². The smallest absolute Gasteiger partial charge is 0.126 e. The average molecular weight is 176 g/mol. The normalized spacial score (nSPS) is 15.6. The van der Waals surface area contributed by atoms with E-state index >= 15 is 0 Å². The summed E-state index contributed by atoms with van der Waals surface area (Å²) >= 11 is 0. The Kier molecular flexibility index (Phi) is 2.27. The molecule has 0 fully saturated rings. The fraction of sp³-hybridized carbons (Fsp3) is 0.300. The molecule has 2 rings (SSSR count). The highest BCUT2D eigenvalue weighted by atomic mass is 16.5. The minimum Gasteiger partial charge on any atom is -0.290 e. The lowest BCUT2D eigenvalue weighted by Gasteiger charge is -2.00. The van der Waals surface area contributed by atoms with Crippen molar-refractivity contribution in [2.75, 3.05) is 0 Å². The predicted octanol–water partition coefficient (Wildman–Crippen LogP) is 2.03. The number of aryl methyl sites for hydroxylation is 1. The zero-order valence-electron chi connectivity index (χ0n) is 7.33. The summed E-state index contributed by atoms with van der Waals surface area (Å²) in [6, 6.07) is 8.03. The molecule has 3 heteroatoms. The lowest BCUT2D eigenvalue weighted by molar-refractivity contribution is 0.231. The molecular weight excluding hydrogens is 164 g/mol. The first-order chi connectivity index (χ1) is 6.40. The molecule has 1 heterocycles. The monoisotopic (exact) mass is 176 g/mol. The molecule has 0 aliphatic carbocycles. The highest BCUT2D eigenvalue weighted by Crippen LogP contribution is 2.23. The van der Waals surface area contributed by atoms with Crippen LogP contribution in [-0.4, -0.2) is 11.0 Å². The van der Waals surface area contributed by atoms with Gasteiger partial charge in [0.2, 0.25) is 0 Å². The lowest BCUT2D eigenvalue weighted by atomic mass is 10.1. The van der Waals surface area contributed by atoms with E-state index < -0.39 is 0 Å². The lowest BCUT2D eigenvalue weighted by Crippen LogP contribution is -2.17. The minimum absolute atomic E-state index is 0.657. The third-order valence-corrected chi connectivity index (χ3v) is 2.24. The second kappa shape index (κ2) is 3.58. The highest BCUT2D eigenvalue weighted by molar-refractivity contribution is 5.84. The van der Waals surface area contributed by atoms with Crippen molar-refractivity contribution in [1.82, 2.24) is 5.48 Å².